The van der Waals surface area contributed by atoms with Gasteiger partial charge in [0.25, 0.3) is 5.91 Å². The number of nitrogens with two attached hydrogens (primary N) is 3. The number of carbonyl (C=O) groups excluding carboxylic acids is 1. The van der Waals surface area contributed by atoms with Crippen LogP contribution in [0.1, 0.15) is 36.7 Å². The highest BCUT2D eigenvalue weighted by Crippen LogP contribution is 2.38. The zero-order chi connectivity index (χ0) is 19.8. The fourth-order valence-corrected chi connectivity index (χ4v) is 3.64. The zero-order valence-electron chi connectivity index (χ0n) is 15.0. The molecular formula is C18H22Cl2N6O. The van der Waals surface area contributed by atoms with Gasteiger partial charge in [-0.25, -0.2) is 4.98 Å². The summed E-state index contributed by atoms with van der Waals surface area (Å²) < 4.78 is 0. The maximum atomic E-state index is 12.1. The van der Waals surface area contributed by atoms with E-state index in [2.05, 4.69) is 9.97 Å². The summed E-state index contributed by atoms with van der Waals surface area (Å²) in [7, 11) is 0. The minimum atomic E-state index is -0.713. The number of hydrogen-bond donors (Lipinski definition) is 3. The Morgan fingerprint density at radius 2 is 1.96 bits per heavy atom. The molecular weight excluding hydrogens is 387 g/mol. The van der Waals surface area contributed by atoms with Crippen LogP contribution in [0.2, 0.25) is 10.0 Å². The minimum Gasteiger partial charge on any atom is -0.383 e. The van der Waals surface area contributed by atoms with Gasteiger partial charge in [0, 0.05) is 24.2 Å². The van der Waals surface area contributed by atoms with Crippen LogP contribution >= 0.6 is 23.2 Å². The number of primary amides is 1. The van der Waals surface area contributed by atoms with Crippen LogP contribution in [0.5, 0.6) is 0 Å². The van der Waals surface area contributed by atoms with Crippen molar-refractivity contribution in [2.24, 2.45) is 11.5 Å². The van der Waals surface area contributed by atoms with E-state index < -0.39 is 5.91 Å². The van der Waals surface area contributed by atoms with Crippen LogP contribution in [0.4, 0.5) is 11.8 Å². The average Bonchev–Trinajstić information content (AvgIpc) is 2.77. The van der Waals surface area contributed by atoms with Gasteiger partial charge in [0.15, 0.2) is 0 Å². The highest BCUT2D eigenvalue weighted by atomic mass is 35.5. The number of anilines is 2. The molecule has 1 aromatic heterocycles. The number of hydrogen-bond acceptors (Lipinski definition) is 6. The van der Waals surface area contributed by atoms with E-state index in [1.165, 1.54) is 0 Å². The summed E-state index contributed by atoms with van der Waals surface area (Å²) in [5.41, 5.74) is 18.6. The van der Waals surface area contributed by atoms with Gasteiger partial charge < -0.3 is 22.1 Å². The van der Waals surface area contributed by atoms with Crippen LogP contribution in [0.15, 0.2) is 18.2 Å². The number of nitrogens with zero attached hydrogens (tertiary/aromatic N) is 3. The first-order chi connectivity index (χ1) is 12.7. The highest BCUT2D eigenvalue weighted by Gasteiger charge is 2.27. The lowest BCUT2D eigenvalue weighted by atomic mass is 9.95. The van der Waals surface area contributed by atoms with Gasteiger partial charge >= 0.3 is 0 Å². The van der Waals surface area contributed by atoms with Gasteiger partial charge in [-0.3, -0.25) is 4.79 Å². The van der Waals surface area contributed by atoms with Crippen molar-refractivity contribution in [3.8, 4) is 11.1 Å². The predicted octanol–water partition coefficient (Wildman–Crippen LogP) is 2.84. The topological polar surface area (TPSA) is 124 Å². The molecule has 0 saturated carbocycles. The Bertz CT molecular complexity index is 886. The molecule has 27 heavy (non-hydrogen) atoms. The van der Waals surface area contributed by atoms with Crippen LogP contribution in [0.25, 0.3) is 11.1 Å². The van der Waals surface area contributed by atoms with Crippen LogP contribution in [0.3, 0.4) is 0 Å². The van der Waals surface area contributed by atoms with Gasteiger partial charge in [-0.15, -0.1) is 0 Å². The smallest absolute Gasteiger partial charge is 0.268 e. The molecule has 7 nitrogen and oxygen atoms in total. The van der Waals surface area contributed by atoms with Crippen molar-refractivity contribution >= 4 is 40.9 Å². The predicted molar refractivity (Wildman–Crippen MR) is 109 cm³/mol. The largest absolute Gasteiger partial charge is 0.383 e. The second kappa shape index (κ2) is 7.50. The minimum absolute atomic E-state index is 0.0152. The van der Waals surface area contributed by atoms with Crippen LogP contribution in [-0.4, -0.2) is 34.5 Å². The average molecular weight is 409 g/mol. The van der Waals surface area contributed by atoms with E-state index in [0.29, 0.717) is 23.1 Å². The standard InChI is InChI=1S/C18H22Cl2N6O/c1-18(23)6-3-8-26(9-7-18)17-24-14(16(22)27)12(15(21)25-17)10-4-2-5-11(19)13(10)20/h2,4-5H,3,6-9,23H2,1H3,(H2,22,27)(H2,21,24,25). The molecule has 9 heteroatoms. The summed E-state index contributed by atoms with van der Waals surface area (Å²) in [4.78, 5) is 22.9. The normalized spacial score (nSPS) is 20.4. The molecule has 2 heterocycles. The second-order valence-electron chi connectivity index (χ2n) is 7.09. The van der Waals surface area contributed by atoms with E-state index >= 15 is 0 Å². The number of nitrogen functional groups attached to an aromatic ring is 1. The molecule has 1 aliphatic heterocycles. The van der Waals surface area contributed by atoms with Crippen LogP contribution in [-0.2, 0) is 0 Å². The van der Waals surface area contributed by atoms with Crippen molar-refractivity contribution < 1.29 is 4.79 Å². The maximum Gasteiger partial charge on any atom is 0.268 e. The van der Waals surface area contributed by atoms with Crippen molar-refractivity contribution in [2.75, 3.05) is 23.7 Å². The zero-order valence-corrected chi connectivity index (χ0v) is 16.5. The van der Waals surface area contributed by atoms with Crippen molar-refractivity contribution in [1.29, 1.82) is 0 Å². The first-order valence-corrected chi connectivity index (χ1v) is 9.41. The lowest BCUT2D eigenvalue weighted by molar-refractivity contribution is 0.0996. The Labute approximate surface area is 167 Å². The quantitative estimate of drug-likeness (QED) is 0.716. The molecule has 1 atom stereocenters. The molecule has 0 radical (unpaired) electrons. The molecule has 0 aliphatic carbocycles. The van der Waals surface area contributed by atoms with E-state index in [-0.39, 0.29) is 27.6 Å². The van der Waals surface area contributed by atoms with E-state index in [9.17, 15) is 4.79 Å². The molecule has 2 aromatic rings. The number of aromatic nitrogens is 2. The van der Waals surface area contributed by atoms with E-state index in [1.54, 1.807) is 18.2 Å². The monoisotopic (exact) mass is 408 g/mol. The fraction of sp³-hybridized carbons (Fsp3) is 0.389. The van der Waals surface area contributed by atoms with Crippen molar-refractivity contribution in [1.82, 2.24) is 9.97 Å². The lowest BCUT2D eigenvalue weighted by Gasteiger charge is -2.24. The number of rotatable bonds is 3. The number of carbonyl (C=O) groups is 1. The summed E-state index contributed by atoms with van der Waals surface area (Å²) >= 11 is 12.4. The molecule has 144 valence electrons. The Balaban J connectivity index is 2.08. The highest BCUT2D eigenvalue weighted by molar-refractivity contribution is 6.44. The summed E-state index contributed by atoms with van der Waals surface area (Å²) in [6.45, 7) is 3.43. The van der Waals surface area contributed by atoms with Gasteiger partial charge in [0.05, 0.1) is 15.6 Å². The van der Waals surface area contributed by atoms with Crippen LogP contribution < -0.4 is 22.1 Å². The molecule has 1 fully saturated rings. The van der Waals surface area contributed by atoms with Crippen molar-refractivity contribution in [3.05, 3.63) is 33.9 Å². The molecule has 1 unspecified atom stereocenters. The molecule has 1 saturated heterocycles. The van der Waals surface area contributed by atoms with Gasteiger partial charge in [-0.2, -0.15) is 4.98 Å². The first kappa shape index (κ1) is 19.7. The van der Waals surface area contributed by atoms with Crippen molar-refractivity contribution in [3.63, 3.8) is 0 Å². The van der Waals surface area contributed by atoms with Gasteiger partial charge in [-0.1, -0.05) is 35.3 Å². The summed E-state index contributed by atoms with van der Waals surface area (Å²) in [6.07, 6.45) is 2.58. The molecule has 1 aliphatic rings. The van der Waals surface area contributed by atoms with Crippen molar-refractivity contribution in [2.45, 2.75) is 31.7 Å². The van der Waals surface area contributed by atoms with E-state index in [1.807, 2.05) is 11.8 Å². The third kappa shape index (κ3) is 4.10. The Morgan fingerprint density at radius 1 is 1.22 bits per heavy atom. The second-order valence-corrected chi connectivity index (χ2v) is 7.88. The maximum absolute atomic E-state index is 12.1. The number of amides is 1. The molecule has 6 N–H and O–H groups in total. The number of halogens is 2. The lowest BCUT2D eigenvalue weighted by Crippen LogP contribution is -2.37. The third-order valence-corrected chi connectivity index (χ3v) is 5.61. The summed E-state index contributed by atoms with van der Waals surface area (Å²) in [6, 6.07) is 5.05. The van der Waals surface area contributed by atoms with E-state index in [4.69, 9.17) is 40.4 Å². The van der Waals surface area contributed by atoms with Gasteiger partial charge in [0.2, 0.25) is 5.95 Å². The summed E-state index contributed by atoms with van der Waals surface area (Å²) in [5, 5.41) is 0.598. The molecule has 1 amide bonds. The SMILES string of the molecule is CC1(N)CCCN(c2nc(N)c(-c3cccc(Cl)c3Cl)c(C(N)=O)n2)CC1. The molecule has 0 bridgehead atoms. The first-order valence-electron chi connectivity index (χ1n) is 8.65. The van der Waals surface area contributed by atoms with Gasteiger partial charge in [0.1, 0.15) is 11.5 Å². The molecule has 3 rings (SSSR count). The third-order valence-electron chi connectivity index (χ3n) is 4.79. The fourth-order valence-electron chi connectivity index (χ4n) is 3.25. The van der Waals surface area contributed by atoms with Crippen LogP contribution in [0, 0.1) is 0 Å². The van der Waals surface area contributed by atoms with E-state index in [0.717, 1.165) is 25.8 Å². The Hall–Kier alpha value is -2.09. The summed E-state index contributed by atoms with van der Waals surface area (Å²) in [5.74, 6) is -0.228. The molecule has 0 spiro atoms. The molecule has 1 aromatic carbocycles. The Morgan fingerprint density at radius 3 is 2.67 bits per heavy atom. The Kier molecular flexibility index (Phi) is 5.46. The number of benzene rings is 1. The van der Waals surface area contributed by atoms with Gasteiger partial charge in [-0.05, 0) is 32.3 Å².